The monoisotopic (exact) mass is 663 g/mol. The van der Waals surface area contributed by atoms with Crippen LogP contribution in [0, 0.1) is 44.3 Å². The van der Waals surface area contributed by atoms with Crippen molar-refractivity contribution in [2.45, 2.75) is 112 Å². The van der Waals surface area contributed by atoms with Crippen LogP contribution in [-0.4, -0.2) is 24.6 Å². The lowest BCUT2D eigenvalue weighted by Gasteiger charge is -2.69. The zero-order valence-electron chi connectivity index (χ0n) is 30.9. The second-order valence-corrected chi connectivity index (χ2v) is 18.4. The van der Waals surface area contributed by atoms with Crippen LogP contribution >= 0.6 is 0 Å². The molecule has 2 aromatic carbocycles. The largest absolute Gasteiger partial charge is 0.462 e. The molecular formula is C44H57NO4. The molecule has 49 heavy (non-hydrogen) atoms. The lowest BCUT2D eigenvalue weighted by molar-refractivity contribution is -0.150. The Labute approximate surface area is 294 Å². The predicted octanol–water partition coefficient (Wildman–Crippen LogP) is 10.4. The van der Waals surface area contributed by atoms with Gasteiger partial charge in [0.25, 0.3) is 0 Å². The number of anilines is 1. The molecule has 3 fully saturated rings. The smallest absolute Gasteiger partial charge is 0.338 e. The summed E-state index contributed by atoms with van der Waals surface area (Å²) in [7, 11) is 0. The average Bonchev–Trinajstić information content (AvgIpc) is 3.07. The highest BCUT2D eigenvalue weighted by Gasteiger charge is 2.66. The maximum absolute atomic E-state index is 13.2. The van der Waals surface area contributed by atoms with E-state index in [0.29, 0.717) is 40.7 Å². The number of carbonyl (C=O) groups is 2. The summed E-state index contributed by atoms with van der Waals surface area (Å²) in [5, 5.41) is 0. The number of nitrogen functional groups attached to an aromatic ring is 1. The van der Waals surface area contributed by atoms with E-state index in [2.05, 4.69) is 60.6 Å². The zero-order chi connectivity index (χ0) is 35.0. The Balaban J connectivity index is 1.13. The molecule has 2 N–H and O–H groups in total. The number of benzene rings is 2. The first-order valence-corrected chi connectivity index (χ1v) is 18.8. The van der Waals surface area contributed by atoms with Crippen molar-refractivity contribution in [1.82, 2.24) is 0 Å². The lowest BCUT2D eigenvalue weighted by atomic mass is 9.36. The van der Waals surface area contributed by atoms with E-state index >= 15 is 0 Å². The number of ether oxygens (including phenoxy) is 2. The first-order chi connectivity index (χ1) is 23.0. The second kappa shape index (κ2) is 11.6. The summed E-state index contributed by atoms with van der Waals surface area (Å²) in [4.78, 5) is 26.2. The van der Waals surface area contributed by atoms with Crippen molar-refractivity contribution in [3.63, 3.8) is 0 Å². The van der Waals surface area contributed by atoms with Gasteiger partial charge in [0.2, 0.25) is 0 Å². The first kappa shape index (κ1) is 34.1. The summed E-state index contributed by atoms with van der Waals surface area (Å²) < 4.78 is 12.3. The molecule has 5 aliphatic carbocycles. The Morgan fingerprint density at radius 1 is 0.755 bits per heavy atom. The molecule has 2 aromatic rings. The molecule has 8 unspecified atom stereocenters. The van der Waals surface area contributed by atoms with Crippen molar-refractivity contribution in [2.75, 3.05) is 12.3 Å². The molecule has 0 heterocycles. The van der Waals surface area contributed by atoms with Gasteiger partial charge in [-0.05, 0) is 139 Å². The van der Waals surface area contributed by atoms with Crippen LogP contribution in [0.3, 0.4) is 0 Å². The van der Waals surface area contributed by atoms with Gasteiger partial charge in [0, 0.05) is 16.5 Å². The van der Waals surface area contributed by atoms with Crippen molar-refractivity contribution in [1.29, 1.82) is 0 Å². The Morgan fingerprint density at radius 2 is 1.43 bits per heavy atom. The van der Waals surface area contributed by atoms with E-state index in [1.165, 1.54) is 19.3 Å². The number of hydrogen-bond donors (Lipinski definition) is 1. The number of hydrogen-bond acceptors (Lipinski definition) is 5. The zero-order valence-corrected chi connectivity index (χ0v) is 30.9. The molecule has 5 heteroatoms. The van der Waals surface area contributed by atoms with Crippen molar-refractivity contribution >= 4 is 17.6 Å². The van der Waals surface area contributed by atoms with Gasteiger partial charge in [-0.2, -0.15) is 0 Å². The summed E-state index contributed by atoms with van der Waals surface area (Å²) in [5.41, 5.74) is 11.2. The summed E-state index contributed by atoms with van der Waals surface area (Å²) >= 11 is 0. The molecule has 0 spiro atoms. The molecule has 0 amide bonds. The number of nitrogens with two attached hydrogens (primary N) is 1. The molecule has 5 aliphatic rings. The second-order valence-electron chi connectivity index (χ2n) is 18.4. The molecule has 0 aromatic heterocycles. The van der Waals surface area contributed by atoms with Crippen LogP contribution in [0.15, 0.2) is 77.9 Å². The number of allylic oxidation sites excluding steroid dienone is 4. The summed E-state index contributed by atoms with van der Waals surface area (Å²) in [6, 6.07) is 16.5. The lowest BCUT2D eigenvalue weighted by Crippen LogP contribution is -2.61. The maximum atomic E-state index is 13.2. The molecule has 5 nitrogen and oxygen atoms in total. The van der Waals surface area contributed by atoms with E-state index in [-0.39, 0.29) is 45.1 Å². The number of fused-ring (bicyclic) bond motifs is 7. The fourth-order valence-electron chi connectivity index (χ4n) is 11.7. The van der Waals surface area contributed by atoms with Gasteiger partial charge in [-0.15, -0.1) is 0 Å². The van der Waals surface area contributed by atoms with Crippen molar-refractivity contribution < 1.29 is 19.1 Å². The number of rotatable bonds is 5. The molecular weight excluding hydrogens is 606 g/mol. The molecule has 8 atom stereocenters. The van der Waals surface area contributed by atoms with Gasteiger partial charge >= 0.3 is 11.9 Å². The van der Waals surface area contributed by atoms with Crippen LogP contribution in [-0.2, 0) is 9.47 Å². The normalized spacial score (nSPS) is 39.1. The Bertz CT molecular complexity index is 1690. The Hall–Kier alpha value is -3.34. The third kappa shape index (κ3) is 5.31. The molecule has 3 saturated carbocycles. The molecule has 0 bridgehead atoms. The Morgan fingerprint density at radius 3 is 2.14 bits per heavy atom. The highest BCUT2D eigenvalue weighted by atomic mass is 16.5. The summed E-state index contributed by atoms with van der Waals surface area (Å²) in [6.07, 6.45) is 14.9. The van der Waals surface area contributed by atoms with Gasteiger partial charge in [-0.1, -0.05) is 78.8 Å². The quantitative estimate of drug-likeness (QED) is 0.254. The van der Waals surface area contributed by atoms with E-state index in [9.17, 15) is 9.59 Å². The minimum absolute atomic E-state index is 0.0372. The van der Waals surface area contributed by atoms with Gasteiger partial charge in [0.15, 0.2) is 0 Å². The fourth-order valence-corrected chi connectivity index (χ4v) is 11.7. The molecule has 0 saturated heterocycles. The van der Waals surface area contributed by atoms with Crippen LogP contribution in [0.4, 0.5) is 5.69 Å². The highest BCUT2D eigenvalue weighted by Crippen LogP contribution is 2.74. The SMILES string of the molecule is CC1(COC(=O)c2ccccc2)CCC2(C)CCC3(C)C4=CCC5C(C)(CCC(OC(=O)c6ccc(N)cc6)C5(C)C)C4=CCC3(C)C2C1. The molecule has 262 valence electrons. The van der Waals surface area contributed by atoms with Crippen LogP contribution in [0.1, 0.15) is 127 Å². The van der Waals surface area contributed by atoms with E-state index in [0.717, 1.165) is 38.5 Å². The molecule has 7 rings (SSSR count). The molecule has 0 aliphatic heterocycles. The number of esters is 2. The third-order valence-electron chi connectivity index (χ3n) is 15.2. The average molecular weight is 664 g/mol. The van der Waals surface area contributed by atoms with Crippen LogP contribution < -0.4 is 5.73 Å². The first-order valence-electron chi connectivity index (χ1n) is 18.8. The maximum Gasteiger partial charge on any atom is 0.338 e. The van der Waals surface area contributed by atoms with E-state index in [4.69, 9.17) is 15.2 Å². The topological polar surface area (TPSA) is 78.6 Å². The highest BCUT2D eigenvalue weighted by molar-refractivity contribution is 5.90. The summed E-state index contributed by atoms with van der Waals surface area (Å²) in [6.45, 7) is 17.7. The molecule has 0 radical (unpaired) electrons. The summed E-state index contributed by atoms with van der Waals surface area (Å²) in [5.74, 6) is 0.450. The third-order valence-corrected chi connectivity index (χ3v) is 15.2. The van der Waals surface area contributed by atoms with Gasteiger partial charge < -0.3 is 15.2 Å². The van der Waals surface area contributed by atoms with Crippen LogP contribution in [0.25, 0.3) is 0 Å². The van der Waals surface area contributed by atoms with E-state index in [1.54, 1.807) is 35.4 Å². The van der Waals surface area contributed by atoms with Gasteiger partial charge in [-0.25, -0.2) is 9.59 Å². The fraction of sp³-hybridized carbons (Fsp3) is 0.591. The predicted molar refractivity (Wildman–Crippen MR) is 196 cm³/mol. The van der Waals surface area contributed by atoms with E-state index < -0.39 is 0 Å². The minimum Gasteiger partial charge on any atom is -0.462 e. The van der Waals surface area contributed by atoms with Gasteiger partial charge in [0.05, 0.1) is 17.7 Å². The van der Waals surface area contributed by atoms with Crippen molar-refractivity contribution in [3.05, 3.63) is 89.0 Å². The van der Waals surface area contributed by atoms with Crippen LogP contribution in [0.5, 0.6) is 0 Å². The van der Waals surface area contributed by atoms with Gasteiger partial charge in [0.1, 0.15) is 6.10 Å². The van der Waals surface area contributed by atoms with Crippen molar-refractivity contribution in [2.24, 2.45) is 44.3 Å². The number of carbonyl (C=O) groups excluding carboxylic acids is 2. The van der Waals surface area contributed by atoms with Crippen LogP contribution in [0.2, 0.25) is 0 Å². The van der Waals surface area contributed by atoms with E-state index in [1.807, 2.05) is 30.3 Å². The standard InChI is InChI=1S/C44H57NO4/c1-39(2)34-18-17-33-32(42(34,5)21-20-36(39)49-38(47)30-13-15-31(45)16-14-30)19-22-44(7)35-27-40(3,23-24-41(35,4)25-26-43(33,44)6)28-48-37(46)29-11-9-8-10-12-29/h8-17,19,34-36H,18,20-28,45H2,1-7H3. The van der Waals surface area contributed by atoms with Gasteiger partial charge in [-0.3, -0.25) is 0 Å². The van der Waals surface area contributed by atoms with Crippen molar-refractivity contribution in [3.8, 4) is 0 Å². The Kier molecular flexibility index (Phi) is 8.08. The minimum atomic E-state index is -0.256.